The van der Waals surface area contributed by atoms with E-state index in [1.807, 2.05) is 0 Å². The molecule has 0 bridgehead atoms. The van der Waals surface area contributed by atoms with Gasteiger partial charge in [-0.1, -0.05) is 182 Å². The molecule has 6 rings (SSSR count). The maximum Gasteiger partial charge on any atom is 4.00 e. The summed E-state index contributed by atoms with van der Waals surface area (Å²) in [5.41, 5.74) is 13.7. The normalized spacial score (nSPS) is 11.6. The predicted octanol–water partition coefficient (Wildman–Crippen LogP) is 9.07. The van der Waals surface area contributed by atoms with Crippen LogP contribution in [0.2, 0.25) is 13.1 Å². The van der Waals surface area contributed by atoms with Gasteiger partial charge in [-0.15, -0.1) is 44.8 Å². The van der Waals surface area contributed by atoms with E-state index in [2.05, 4.69) is 195 Å². The molecule has 6 heteroatoms. The van der Waals surface area contributed by atoms with Crippen molar-refractivity contribution < 1.29 is 60.5 Å². The van der Waals surface area contributed by atoms with Gasteiger partial charge in [0.25, 0.3) is 0 Å². The van der Waals surface area contributed by atoms with Gasteiger partial charge in [-0.3, -0.25) is 0 Å². The topological polar surface area (TPSA) is 18.5 Å². The van der Waals surface area contributed by atoms with Crippen molar-refractivity contribution in [3.8, 4) is 33.8 Å². The molecule has 0 aromatic heterocycles. The van der Waals surface area contributed by atoms with E-state index in [0.717, 1.165) is 21.0 Å². The molecule has 0 heterocycles. The molecule has 0 saturated carbocycles. The van der Waals surface area contributed by atoms with Crippen molar-refractivity contribution in [3.05, 3.63) is 118 Å². The Morgan fingerprint density at radius 3 is 0.931 bits per heavy atom. The van der Waals surface area contributed by atoms with Gasteiger partial charge in [0.2, 0.25) is 0 Å². The van der Waals surface area contributed by atoms with Crippen LogP contribution >= 0.6 is 0 Å². The van der Waals surface area contributed by atoms with Crippen molar-refractivity contribution in [2.24, 2.45) is 0 Å². The zero-order valence-electron chi connectivity index (χ0n) is 38.7. The van der Waals surface area contributed by atoms with E-state index in [-0.39, 0.29) is 72.7 Å². The van der Waals surface area contributed by atoms with Crippen LogP contribution in [0.1, 0.15) is 116 Å². The largest absolute Gasteiger partial charge is 4.00 e. The molecule has 0 atom stereocenters. The van der Waals surface area contributed by atoms with Gasteiger partial charge in [-0.2, -0.15) is 12.1 Å². The zero-order chi connectivity index (χ0) is 41.3. The average molecular weight is 915 g/mol. The minimum absolute atomic E-state index is 0. The third-order valence-electron chi connectivity index (χ3n) is 10.4. The van der Waals surface area contributed by atoms with Crippen molar-refractivity contribution in [1.29, 1.82) is 0 Å². The van der Waals surface area contributed by atoms with Crippen molar-refractivity contribution in [3.63, 3.8) is 0 Å². The van der Waals surface area contributed by atoms with E-state index in [1.54, 1.807) is 14.2 Å². The summed E-state index contributed by atoms with van der Waals surface area (Å²) in [6.07, 6.45) is 0. The first-order valence-corrected chi connectivity index (χ1v) is 21.8. The SMILES string of the molecule is COc1ccc(-c2cc(C(C)(C)C)cc(C(C)(C)C)c2)c2cc(C)[cH-]c12.COc1ccc(-c2cc(C(C)(C)C)cc(C(C)(C)C)c2)c2cc(C)[cH-]c12.C[Si]C.[Cl-].[Cl-].[Zr+4]. The van der Waals surface area contributed by atoms with E-state index in [1.165, 1.54) is 77.2 Å². The fourth-order valence-electron chi connectivity index (χ4n) is 6.99. The first-order valence-electron chi connectivity index (χ1n) is 19.8. The number of halogens is 2. The maximum atomic E-state index is 5.59. The minimum atomic E-state index is 0. The molecule has 0 N–H and O–H groups in total. The van der Waals surface area contributed by atoms with E-state index >= 15 is 0 Å². The van der Waals surface area contributed by atoms with Crippen LogP contribution < -0.4 is 34.3 Å². The van der Waals surface area contributed by atoms with Crippen molar-refractivity contribution in [1.82, 2.24) is 0 Å². The molecule has 310 valence electrons. The van der Waals surface area contributed by atoms with E-state index in [4.69, 9.17) is 9.47 Å². The third kappa shape index (κ3) is 12.7. The molecule has 6 aromatic rings. The Bertz CT molecular complexity index is 2020. The van der Waals surface area contributed by atoms with Gasteiger partial charge in [-0.05, 0) is 55.0 Å². The molecule has 0 saturated heterocycles. The number of hydrogen-bond donors (Lipinski definition) is 0. The molecule has 0 spiro atoms. The van der Waals surface area contributed by atoms with Crippen LogP contribution in [0, 0.1) is 13.8 Å². The minimum Gasteiger partial charge on any atom is -1.00 e. The van der Waals surface area contributed by atoms with Crippen molar-refractivity contribution in [2.75, 3.05) is 14.2 Å². The maximum absolute atomic E-state index is 5.59. The average Bonchev–Trinajstić information content (AvgIpc) is 3.68. The van der Waals surface area contributed by atoms with Gasteiger partial charge in [0.05, 0.1) is 14.2 Å². The molecule has 0 aliphatic rings. The summed E-state index contributed by atoms with van der Waals surface area (Å²) in [7, 11) is 4.57. The summed E-state index contributed by atoms with van der Waals surface area (Å²) < 4.78 is 11.2. The summed E-state index contributed by atoms with van der Waals surface area (Å²) in [6.45, 7) is 36.0. The number of methoxy groups -OCH3 is 2. The summed E-state index contributed by atoms with van der Waals surface area (Å²) in [5, 5.41) is 4.93. The zero-order valence-corrected chi connectivity index (χ0v) is 43.6. The van der Waals surface area contributed by atoms with Crippen LogP contribution in [-0.2, 0) is 47.9 Å². The van der Waals surface area contributed by atoms with Crippen molar-refractivity contribution >= 4 is 31.1 Å². The molecule has 0 unspecified atom stereocenters. The standard InChI is InChI=1S/2C25H31O.C2H6Si.2ClH.Zr/c2*1-16-11-21-20(9-10-23(26-8)22(21)12-16)17-13-18(24(2,3)4)15-19(14-17)25(5,6)7;1-3-2;;;/h2*9-15H,1-8H3;1-2H3;2*1H;/q2*-1;;;;+4/p-2. The summed E-state index contributed by atoms with van der Waals surface area (Å²) in [6, 6.07) is 31.8. The Morgan fingerprint density at radius 1 is 0.448 bits per heavy atom. The van der Waals surface area contributed by atoms with Gasteiger partial charge >= 0.3 is 26.2 Å². The molecular weight excluding hydrogens is 847 g/mol. The molecule has 0 amide bonds. The number of ether oxygens (including phenoxy) is 2. The molecule has 0 aliphatic heterocycles. The Hall–Kier alpha value is -2.62. The van der Waals surface area contributed by atoms with Gasteiger partial charge in [0.1, 0.15) is 0 Å². The van der Waals surface area contributed by atoms with Crippen LogP contribution in [0.4, 0.5) is 0 Å². The summed E-state index contributed by atoms with van der Waals surface area (Å²) in [5.74, 6) is 1.89. The summed E-state index contributed by atoms with van der Waals surface area (Å²) >= 11 is 0. The smallest absolute Gasteiger partial charge is 1.00 e. The van der Waals surface area contributed by atoms with Crippen LogP contribution in [0.3, 0.4) is 0 Å². The van der Waals surface area contributed by atoms with Gasteiger partial charge < -0.3 is 34.3 Å². The van der Waals surface area contributed by atoms with Gasteiger partial charge in [0, 0.05) is 21.0 Å². The summed E-state index contributed by atoms with van der Waals surface area (Å²) in [4.78, 5) is 0. The molecule has 2 radical (unpaired) electrons. The number of hydrogen-bond acceptors (Lipinski definition) is 2. The third-order valence-corrected chi connectivity index (χ3v) is 10.4. The Morgan fingerprint density at radius 2 is 0.707 bits per heavy atom. The first-order chi connectivity index (χ1) is 25.4. The van der Waals surface area contributed by atoms with E-state index in [0.29, 0.717) is 0 Å². The predicted molar refractivity (Wildman–Crippen MR) is 245 cm³/mol. The Balaban J connectivity index is 0.000000518. The monoisotopic (exact) mass is 912 g/mol. The number of fused-ring (bicyclic) bond motifs is 2. The Labute approximate surface area is 386 Å². The fourth-order valence-corrected chi connectivity index (χ4v) is 6.99. The molecule has 58 heavy (non-hydrogen) atoms. The molecular formula is C52H68Cl2O2SiZr. The number of rotatable bonds is 4. The molecule has 0 aliphatic carbocycles. The second kappa shape index (κ2) is 20.8. The van der Waals surface area contributed by atoms with Crippen molar-refractivity contribution in [2.45, 2.75) is 132 Å². The van der Waals surface area contributed by atoms with Crippen LogP contribution in [0.15, 0.2) is 84.9 Å². The first kappa shape index (κ1) is 53.4. The second-order valence-electron chi connectivity index (χ2n) is 19.4. The quantitative estimate of drug-likeness (QED) is 0.130. The van der Waals surface area contributed by atoms with Crippen LogP contribution in [0.5, 0.6) is 11.5 Å². The van der Waals surface area contributed by atoms with Gasteiger partial charge in [-0.25, -0.2) is 0 Å². The second-order valence-corrected chi connectivity index (χ2v) is 20.4. The Kier molecular flexibility index (Phi) is 19.1. The number of aryl methyl sites for hydroxylation is 2. The molecule has 0 fully saturated rings. The number of benzene rings is 4. The van der Waals surface area contributed by atoms with E-state index < -0.39 is 0 Å². The fraction of sp³-hybridized carbons (Fsp3) is 0.423. The molecule has 2 nitrogen and oxygen atoms in total. The van der Waals surface area contributed by atoms with E-state index in [9.17, 15) is 0 Å². The van der Waals surface area contributed by atoms with Gasteiger partial charge in [0.15, 0.2) is 0 Å². The van der Waals surface area contributed by atoms with Crippen LogP contribution in [0.25, 0.3) is 43.8 Å². The van der Waals surface area contributed by atoms with Crippen LogP contribution in [-0.4, -0.2) is 23.7 Å². The molecule has 6 aromatic carbocycles.